The van der Waals surface area contributed by atoms with Gasteiger partial charge in [0, 0.05) is 39.3 Å². The molecule has 0 atom stereocenters. The van der Waals surface area contributed by atoms with Gasteiger partial charge in [-0.3, -0.25) is 0 Å². The second-order valence-corrected chi connectivity index (χ2v) is 27.1. The molecule has 0 amide bonds. The van der Waals surface area contributed by atoms with Gasteiger partial charge in [-0.25, -0.2) is 0 Å². The first-order valence-electron chi connectivity index (χ1n) is 25.8. The molecule has 10 rings (SSSR count). The van der Waals surface area contributed by atoms with Crippen LogP contribution in [0.1, 0.15) is 188 Å². The lowest BCUT2D eigenvalue weighted by molar-refractivity contribution is -0.137. The minimum absolute atomic E-state index is 0.0233. The molecule has 0 saturated carbocycles. The monoisotopic (exact) mass is 943 g/mol. The highest BCUT2D eigenvalue weighted by Gasteiger charge is 2.53. The molecule has 0 spiro atoms. The van der Waals surface area contributed by atoms with Crippen LogP contribution in [0.4, 0.5) is 47.3 Å². The molecule has 70 heavy (non-hydrogen) atoms. The fourth-order valence-electron chi connectivity index (χ4n) is 12.2. The summed E-state index contributed by atoms with van der Waals surface area (Å²) in [5.74, 6) is 0.935. The van der Waals surface area contributed by atoms with Gasteiger partial charge in [0.2, 0.25) is 0 Å². The van der Waals surface area contributed by atoms with Crippen LogP contribution in [-0.4, -0.2) is 6.71 Å². The van der Waals surface area contributed by atoms with Crippen molar-refractivity contribution in [3.8, 4) is 11.1 Å². The molecule has 1 aromatic heterocycles. The van der Waals surface area contributed by atoms with Crippen molar-refractivity contribution in [1.29, 1.82) is 0 Å². The Bertz CT molecular complexity index is 3110. The molecule has 2 aliphatic heterocycles. The molecule has 0 saturated heterocycles. The topological polar surface area (TPSA) is 19.6 Å². The number of anilines is 6. The van der Waals surface area contributed by atoms with Gasteiger partial charge in [-0.2, -0.15) is 13.2 Å². The SMILES string of the molecule is CC(C)(C)c1ccc(N2c3cc(C(F)(F)F)cc4c3B(c3cc(C(C)(C)C)ccc3N4c3ccc(C(C)(C)C)cc3-c3ccc4c(c3)C(C)(C)CCC4(C)C)c3oc4c(c32)C(C)(C)CCC4(C)C)cc1. The summed E-state index contributed by atoms with van der Waals surface area (Å²) in [4.78, 5) is 4.32. The number of furan rings is 1. The maximum absolute atomic E-state index is 16.0. The predicted molar refractivity (Wildman–Crippen MR) is 290 cm³/mol. The molecular weight excluding hydrogens is 869 g/mol. The smallest absolute Gasteiger partial charge is 0.416 e. The van der Waals surface area contributed by atoms with Gasteiger partial charge >= 0.3 is 6.18 Å². The van der Waals surface area contributed by atoms with Crippen LogP contribution in [0.2, 0.25) is 0 Å². The Morgan fingerprint density at radius 2 is 1.00 bits per heavy atom. The first-order valence-corrected chi connectivity index (χ1v) is 25.8. The molecule has 0 N–H and O–H groups in total. The highest BCUT2D eigenvalue weighted by molar-refractivity contribution is 6.99. The van der Waals surface area contributed by atoms with E-state index in [2.05, 4.69) is 206 Å². The number of rotatable bonds is 3. The maximum atomic E-state index is 16.0. The maximum Gasteiger partial charge on any atom is 0.416 e. The predicted octanol–water partition coefficient (Wildman–Crippen LogP) is 16.6. The molecule has 3 heterocycles. The second-order valence-electron chi connectivity index (χ2n) is 27.1. The van der Waals surface area contributed by atoms with Crippen molar-refractivity contribution in [2.24, 2.45) is 0 Å². The molecule has 3 nitrogen and oxygen atoms in total. The summed E-state index contributed by atoms with van der Waals surface area (Å²) in [6, 6.07) is 31.7. The van der Waals surface area contributed by atoms with E-state index < -0.39 is 18.5 Å². The minimum atomic E-state index is -4.64. The molecule has 0 radical (unpaired) electrons. The quantitative estimate of drug-likeness (QED) is 0.165. The van der Waals surface area contributed by atoms with Crippen molar-refractivity contribution in [1.82, 2.24) is 0 Å². The normalized spacial score (nSPS) is 18.7. The van der Waals surface area contributed by atoms with E-state index in [0.29, 0.717) is 11.4 Å². The number of hydrogen-bond donors (Lipinski definition) is 0. The van der Waals surface area contributed by atoms with E-state index in [1.54, 1.807) is 0 Å². The third kappa shape index (κ3) is 7.60. The van der Waals surface area contributed by atoms with E-state index >= 15 is 13.2 Å². The van der Waals surface area contributed by atoms with Gasteiger partial charge in [0.15, 0.2) is 0 Å². The van der Waals surface area contributed by atoms with E-state index in [-0.39, 0.29) is 37.9 Å². The number of nitrogens with zero attached hydrogens (tertiary/aromatic N) is 2. The average molecular weight is 943 g/mol. The largest absolute Gasteiger partial charge is 0.472 e. The number of hydrogen-bond acceptors (Lipinski definition) is 3. The first kappa shape index (κ1) is 48.5. The Hall–Kier alpha value is -5.17. The molecule has 366 valence electrons. The fraction of sp³-hybridized carbons (Fsp3) is 0.460. The van der Waals surface area contributed by atoms with Crippen LogP contribution in [0, 0.1) is 0 Å². The van der Waals surface area contributed by atoms with Crippen molar-refractivity contribution in [2.45, 2.75) is 187 Å². The number of halogens is 3. The molecule has 7 heteroatoms. The van der Waals surface area contributed by atoms with Crippen molar-refractivity contribution >= 4 is 57.4 Å². The Balaban J connectivity index is 1.35. The minimum Gasteiger partial charge on any atom is -0.472 e. The zero-order valence-corrected chi connectivity index (χ0v) is 45.0. The molecule has 2 aliphatic carbocycles. The van der Waals surface area contributed by atoms with Crippen LogP contribution in [-0.2, 0) is 44.1 Å². The molecule has 0 fully saturated rings. The Kier molecular flexibility index (Phi) is 10.5. The van der Waals surface area contributed by atoms with E-state index in [1.807, 2.05) is 0 Å². The summed E-state index contributed by atoms with van der Waals surface area (Å²) in [5, 5.41) is 0. The van der Waals surface area contributed by atoms with Crippen LogP contribution >= 0.6 is 0 Å². The summed E-state index contributed by atoms with van der Waals surface area (Å²) in [6.45, 7) is 38.0. The van der Waals surface area contributed by atoms with Crippen molar-refractivity contribution < 1.29 is 17.6 Å². The zero-order chi connectivity index (χ0) is 50.8. The standard InChI is InChI=1S/C63H74BF3N2O/c1-56(2,3)38-19-23-42(24-20-38)68-49-35-41(63(65,66)67)36-50-52(49)64(55-53(68)51-54(70-55)62(16,17)31-30-61(51,14)15)46-34-40(58(7,8)9)22-27-48(46)69(50)47-26-21-39(57(4,5)6)33-43(47)37-18-25-44-45(32-37)60(12,13)29-28-59(44,10)11/h18-27,32-36H,28-31H2,1-17H3. The highest BCUT2D eigenvalue weighted by atomic mass is 19.4. The van der Waals surface area contributed by atoms with Gasteiger partial charge < -0.3 is 14.2 Å². The first-order chi connectivity index (χ1) is 32.2. The molecule has 6 aromatic rings. The number of benzene rings is 5. The van der Waals surface area contributed by atoms with Crippen molar-refractivity contribution in [2.75, 3.05) is 9.80 Å². The summed E-state index contributed by atoms with van der Waals surface area (Å²) in [6.07, 6.45) is -0.611. The zero-order valence-electron chi connectivity index (χ0n) is 45.0. The highest BCUT2D eigenvalue weighted by Crippen LogP contribution is 2.56. The third-order valence-electron chi connectivity index (χ3n) is 17.0. The lowest BCUT2D eigenvalue weighted by atomic mass is 9.35. The molecular formula is C63H74BF3N2O. The van der Waals surface area contributed by atoms with Gasteiger partial charge in [0.25, 0.3) is 6.71 Å². The Morgan fingerprint density at radius 1 is 0.486 bits per heavy atom. The number of alkyl halides is 3. The lowest BCUT2D eigenvalue weighted by Gasteiger charge is -2.45. The van der Waals surface area contributed by atoms with Gasteiger partial charge in [-0.15, -0.1) is 0 Å². The average Bonchev–Trinajstić information content (AvgIpc) is 3.68. The second kappa shape index (κ2) is 15.2. The van der Waals surface area contributed by atoms with Crippen LogP contribution in [0.3, 0.4) is 0 Å². The summed E-state index contributed by atoms with van der Waals surface area (Å²) in [5.41, 5.74) is 14.6. The molecule has 0 unspecified atom stereocenters. The molecule has 4 aliphatic rings. The van der Waals surface area contributed by atoms with Gasteiger partial charge in [-0.05, 0) is 145 Å². The van der Waals surface area contributed by atoms with Crippen LogP contribution in [0.5, 0.6) is 0 Å². The Labute approximate surface area is 417 Å². The lowest BCUT2D eigenvalue weighted by Crippen LogP contribution is -2.61. The van der Waals surface area contributed by atoms with E-state index in [0.717, 1.165) is 104 Å². The van der Waals surface area contributed by atoms with E-state index in [4.69, 9.17) is 4.42 Å². The van der Waals surface area contributed by atoms with E-state index in [9.17, 15) is 0 Å². The van der Waals surface area contributed by atoms with Crippen LogP contribution in [0.25, 0.3) is 11.1 Å². The van der Waals surface area contributed by atoms with E-state index in [1.165, 1.54) is 23.3 Å². The Morgan fingerprint density at radius 3 is 1.59 bits per heavy atom. The van der Waals surface area contributed by atoms with Crippen LogP contribution < -0.4 is 26.4 Å². The van der Waals surface area contributed by atoms with Crippen molar-refractivity contribution in [3.63, 3.8) is 0 Å². The summed E-state index contributed by atoms with van der Waals surface area (Å²) in [7, 11) is 0. The van der Waals surface area contributed by atoms with Gasteiger partial charge in [0.05, 0.1) is 22.6 Å². The third-order valence-corrected chi connectivity index (χ3v) is 17.0. The summed E-state index contributed by atoms with van der Waals surface area (Å²) < 4.78 is 55.6. The van der Waals surface area contributed by atoms with Gasteiger partial charge in [-0.1, -0.05) is 166 Å². The van der Waals surface area contributed by atoms with Gasteiger partial charge in [0.1, 0.15) is 5.76 Å². The number of fused-ring (bicyclic) bond motifs is 7. The molecule has 5 aromatic carbocycles. The molecule has 0 bridgehead atoms. The fourth-order valence-corrected chi connectivity index (χ4v) is 12.2. The van der Waals surface area contributed by atoms with Crippen LogP contribution in [0.15, 0.2) is 95.4 Å². The summed E-state index contributed by atoms with van der Waals surface area (Å²) >= 11 is 0. The van der Waals surface area contributed by atoms with Crippen molar-refractivity contribution in [3.05, 3.63) is 136 Å².